The summed E-state index contributed by atoms with van der Waals surface area (Å²) < 4.78 is 0. The van der Waals surface area contributed by atoms with E-state index in [0.29, 0.717) is 5.92 Å². The number of benzene rings is 2. The summed E-state index contributed by atoms with van der Waals surface area (Å²) >= 11 is 0. The maximum atomic E-state index is 3.67. The maximum absolute atomic E-state index is 3.67. The average molecular weight is 290 g/mol. The fourth-order valence-corrected chi connectivity index (χ4v) is 3.63. The zero-order valence-corrected chi connectivity index (χ0v) is 13.0. The highest BCUT2D eigenvalue weighted by Crippen LogP contribution is 2.38. The minimum Gasteiger partial charge on any atom is -0.354 e. The number of H-pyrrole nitrogens is 1. The number of rotatable bonds is 2. The molecule has 1 unspecified atom stereocenters. The van der Waals surface area contributed by atoms with Gasteiger partial charge in [0.25, 0.3) is 0 Å². The van der Waals surface area contributed by atoms with Crippen LogP contribution >= 0.6 is 0 Å². The lowest BCUT2D eigenvalue weighted by Crippen LogP contribution is -2.28. The number of nitrogens with one attached hydrogen (secondary N) is 2. The lowest BCUT2D eigenvalue weighted by molar-refractivity contribution is 0.464. The zero-order chi connectivity index (χ0) is 14.9. The predicted octanol–water partition coefficient (Wildman–Crippen LogP) is 4.61. The summed E-state index contributed by atoms with van der Waals surface area (Å²) in [6, 6.07) is 17.6. The van der Waals surface area contributed by atoms with Gasteiger partial charge < -0.3 is 10.3 Å². The van der Waals surface area contributed by atoms with Crippen molar-refractivity contribution >= 4 is 10.9 Å². The van der Waals surface area contributed by atoms with Gasteiger partial charge in [0.2, 0.25) is 0 Å². The zero-order valence-electron chi connectivity index (χ0n) is 13.0. The summed E-state index contributed by atoms with van der Waals surface area (Å²) in [5.41, 5.74) is 6.64. The molecule has 0 spiro atoms. The number of aromatic amines is 1. The largest absolute Gasteiger partial charge is 0.354 e. The Labute approximate surface area is 131 Å². The van der Waals surface area contributed by atoms with E-state index in [9.17, 15) is 0 Å². The van der Waals surface area contributed by atoms with Crippen LogP contribution in [0.25, 0.3) is 22.2 Å². The van der Waals surface area contributed by atoms with E-state index < -0.39 is 0 Å². The molecule has 1 aliphatic rings. The summed E-state index contributed by atoms with van der Waals surface area (Å²) in [5, 5.41) is 4.94. The van der Waals surface area contributed by atoms with Gasteiger partial charge in [-0.15, -0.1) is 0 Å². The molecule has 4 rings (SSSR count). The molecule has 2 aromatic carbocycles. The number of fused-ring (bicyclic) bond motifs is 1. The van der Waals surface area contributed by atoms with Gasteiger partial charge in [0.05, 0.1) is 5.69 Å². The molecule has 2 N–H and O–H groups in total. The van der Waals surface area contributed by atoms with Crippen molar-refractivity contribution < 1.29 is 0 Å². The number of hydrogen-bond donors (Lipinski definition) is 2. The van der Waals surface area contributed by atoms with Crippen LogP contribution in [0.1, 0.15) is 29.9 Å². The second-order valence-electron chi connectivity index (χ2n) is 6.37. The molecular weight excluding hydrogens is 268 g/mol. The van der Waals surface area contributed by atoms with Crippen LogP contribution in [0.5, 0.6) is 0 Å². The number of piperidine rings is 1. The molecule has 112 valence electrons. The van der Waals surface area contributed by atoms with E-state index in [-0.39, 0.29) is 0 Å². The highest BCUT2D eigenvalue weighted by atomic mass is 14.9. The van der Waals surface area contributed by atoms with Gasteiger partial charge in [-0.3, -0.25) is 0 Å². The Kier molecular flexibility index (Phi) is 3.47. The molecule has 0 amide bonds. The lowest BCUT2D eigenvalue weighted by atomic mass is 9.88. The molecule has 2 heteroatoms. The maximum Gasteiger partial charge on any atom is 0.0500 e. The summed E-state index contributed by atoms with van der Waals surface area (Å²) in [7, 11) is 0. The van der Waals surface area contributed by atoms with E-state index in [1.165, 1.54) is 46.1 Å². The molecule has 1 atom stereocenters. The Morgan fingerprint density at radius 3 is 2.59 bits per heavy atom. The minimum absolute atomic E-state index is 0.598. The SMILES string of the molecule is Cc1ccc(-c2[nH]c3ccccc3c2C2CCCNC2)cc1. The van der Waals surface area contributed by atoms with Crippen molar-refractivity contribution in [1.29, 1.82) is 0 Å². The van der Waals surface area contributed by atoms with E-state index in [2.05, 4.69) is 65.8 Å². The fourth-order valence-electron chi connectivity index (χ4n) is 3.63. The Morgan fingerprint density at radius 2 is 1.82 bits per heavy atom. The van der Waals surface area contributed by atoms with E-state index in [0.717, 1.165) is 13.1 Å². The summed E-state index contributed by atoms with van der Waals surface area (Å²) in [5.74, 6) is 0.598. The molecule has 0 saturated carbocycles. The molecular formula is C20H22N2. The quantitative estimate of drug-likeness (QED) is 0.708. The number of hydrogen-bond acceptors (Lipinski definition) is 1. The van der Waals surface area contributed by atoms with Crippen LogP contribution < -0.4 is 5.32 Å². The molecule has 2 nitrogen and oxygen atoms in total. The monoisotopic (exact) mass is 290 g/mol. The van der Waals surface area contributed by atoms with Crippen molar-refractivity contribution in [3.05, 3.63) is 59.7 Å². The van der Waals surface area contributed by atoms with Crippen molar-refractivity contribution in [2.45, 2.75) is 25.7 Å². The third-order valence-corrected chi connectivity index (χ3v) is 4.79. The highest BCUT2D eigenvalue weighted by molar-refractivity contribution is 5.91. The molecule has 22 heavy (non-hydrogen) atoms. The third-order valence-electron chi connectivity index (χ3n) is 4.79. The number of aryl methyl sites for hydroxylation is 1. The van der Waals surface area contributed by atoms with E-state index >= 15 is 0 Å². The predicted molar refractivity (Wildman–Crippen MR) is 93.3 cm³/mol. The van der Waals surface area contributed by atoms with Crippen LogP contribution in [0.15, 0.2) is 48.5 Å². The fraction of sp³-hybridized carbons (Fsp3) is 0.300. The van der Waals surface area contributed by atoms with Crippen LogP contribution in [0.3, 0.4) is 0 Å². The molecule has 1 saturated heterocycles. The second-order valence-corrected chi connectivity index (χ2v) is 6.37. The van der Waals surface area contributed by atoms with Crippen molar-refractivity contribution in [3.8, 4) is 11.3 Å². The molecule has 1 aliphatic heterocycles. The first kappa shape index (κ1) is 13.6. The third kappa shape index (κ3) is 2.34. The van der Waals surface area contributed by atoms with Crippen molar-refractivity contribution in [2.24, 2.45) is 0 Å². The lowest BCUT2D eigenvalue weighted by Gasteiger charge is -2.24. The normalized spacial score (nSPS) is 18.7. The molecule has 1 fully saturated rings. The van der Waals surface area contributed by atoms with Gasteiger partial charge >= 0.3 is 0 Å². The molecule has 3 aromatic rings. The van der Waals surface area contributed by atoms with Crippen LogP contribution in [0.2, 0.25) is 0 Å². The van der Waals surface area contributed by atoms with Crippen LogP contribution in [0, 0.1) is 6.92 Å². The summed E-state index contributed by atoms with van der Waals surface area (Å²) in [6.07, 6.45) is 2.53. The van der Waals surface area contributed by atoms with Gasteiger partial charge in [-0.25, -0.2) is 0 Å². The first-order valence-corrected chi connectivity index (χ1v) is 8.21. The number of aromatic nitrogens is 1. The molecule has 1 aromatic heterocycles. The smallest absolute Gasteiger partial charge is 0.0500 e. The van der Waals surface area contributed by atoms with Crippen LogP contribution in [-0.2, 0) is 0 Å². The van der Waals surface area contributed by atoms with Gasteiger partial charge in [0.15, 0.2) is 0 Å². The summed E-state index contributed by atoms with van der Waals surface area (Å²) in [4.78, 5) is 3.67. The molecule has 0 bridgehead atoms. The number of para-hydroxylation sites is 1. The van der Waals surface area contributed by atoms with E-state index in [4.69, 9.17) is 0 Å². The minimum atomic E-state index is 0.598. The van der Waals surface area contributed by atoms with Crippen LogP contribution in [0.4, 0.5) is 0 Å². The second kappa shape index (κ2) is 5.62. The first-order valence-electron chi connectivity index (χ1n) is 8.21. The molecule has 0 aliphatic carbocycles. The van der Waals surface area contributed by atoms with Gasteiger partial charge in [-0.2, -0.15) is 0 Å². The van der Waals surface area contributed by atoms with Gasteiger partial charge in [-0.1, -0.05) is 48.0 Å². The van der Waals surface area contributed by atoms with Gasteiger partial charge in [-0.05, 0) is 49.4 Å². The molecule has 2 heterocycles. The summed E-state index contributed by atoms with van der Waals surface area (Å²) in [6.45, 7) is 4.38. The Balaban J connectivity index is 1.90. The highest BCUT2D eigenvalue weighted by Gasteiger charge is 2.23. The Bertz CT molecular complexity index is 777. The van der Waals surface area contributed by atoms with Gasteiger partial charge in [0, 0.05) is 17.4 Å². The Morgan fingerprint density at radius 1 is 1.00 bits per heavy atom. The van der Waals surface area contributed by atoms with E-state index in [1.54, 1.807) is 0 Å². The van der Waals surface area contributed by atoms with Crippen LogP contribution in [-0.4, -0.2) is 18.1 Å². The first-order chi connectivity index (χ1) is 10.8. The van der Waals surface area contributed by atoms with Crippen molar-refractivity contribution in [1.82, 2.24) is 10.3 Å². The Hall–Kier alpha value is -2.06. The van der Waals surface area contributed by atoms with Crippen molar-refractivity contribution in [2.75, 3.05) is 13.1 Å². The average Bonchev–Trinajstić information content (AvgIpc) is 2.96. The topological polar surface area (TPSA) is 27.8 Å². The van der Waals surface area contributed by atoms with E-state index in [1.807, 2.05) is 0 Å². The van der Waals surface area contributed by atoms with Crippen molar-refractivity contribution in [3.63, 3.8) is 0 Å². The molecule has 0 radical (unpaired) electrons. The standard InChI is InChI=1S/C20H22N2/c1-14-8-10-15(11-9-14)20-19(16-5-4-12-21-13-16)17-6-2-3-7-18(17)22-20/h2-3,6-11,16,21-22H,4-5,12-13H2,1H3. The van der Waals surface area contributed by atoms with Gasteiger partial charge in [0.1, 0.15) is 0 Å².